The molecular weight excluding hydrogens is 316 g/mol. The third-order valence-electron chi connectivity index (χ3n) is 5.65. The van der Waals surface area contributed by atoms with Gasteiger partial charge in [-0.15, -0.1) is 0 Å². The summed E-state index contributed by atoms with van der Waals surface area (Å²) in [5.74, 6) is 0.385. The Kier molecular flexibility index (Phi) is 6.11. The number of carboxylic acids is 1. The van der Waals surface area contributed by atoms with Crippen molar-refractivity contribution in [1.82, 2.24) is 0 Å². The molecule has 0 radical (unpaired) electrons. The predicted molar refractivity (Wildman–Crippen MR) is 96.1 cm³/mol. The Morgan fingerprint density at radius 3 is 2.72 bits per heavy atom. The molecule has 4 nitrogen and oxygen atoms in total. The smallest absolute Gasteiger partial charge is 0.304 e. The van der Waals surface area contributed by atoms with Crippen LogP contribution in [0, 0.1) is 11.8 Å². The third kappa shape index (κ3) is 4.83. The SMILES string of the molecule is O=C(O)CC1CCc2cc(OCCCC3CCCCC3)ccc2C1=O. The predicted octanol–water partition coefficient (Wildman–Crippen LogP) is 4.65. The number of hydrogen-bond acceptors (Lipinski definition) is 3. The van der Waals surface area contributed by atoms with Crippen LogP contribution >= 0.6 is 0 Å². The minimum Gasteiger partial charge on any atom is -0.494 e. The van der Waals surface area contributed by atoms with E-state index in [9.17, 15) is 9.59 Å². The van der Waals surface area contributed by atoms with E-state index in [-0.39, 0.29) is 18.1 Å². The maximum Gasteiger partial charge on any atom is 0.304 e. The highest BCUT2D eigenvalue weighted by molar-refractivity contribution is 6.01. The zero-order chi connectivity index (χ0) is 17.6. The second-order valence-electron chi connectivity index (χ2n) is 7.51. The van der Waals surface area contributed by atoms with Gasteiger partial charge < -0.3 is 9.84 Å². The molecule has 136 valence electrons. The number of benzene rings is 1. The van der Waals surface area contributed by atoms with E-state index in [1.807, 2.05) is 18.2 Å². The quantitative estimate of drug-likeness (QED) is 0.732. The average molecular weight is 344 g/mol. The fourth-order valence-corrected chi connectivity index (χ4v) is 4.23. The molecule has 0 amide bonds. The van der Waals surface area contributed by atoms with Crippen molar-refractivity contribution in [2.75, 3.05) is 6.61 Å². The molecule has 3 rings (SSSR count). The molecule has 2 aliphatic rings. The van der Waals surface area contributed by atoms with Gasteiger partial charge in [-0.05, 0) is 55.4 Å². The van der Waals surface area contributed by atoms with E-state index in [0.717, 1.165) is 36.7 Å². The van der Waals surface area contributed by atoms with E-state index in [0.29, 0.717) is 12.0 Å². The van der Waals surface area contributed by atoms with Crippen molar-refractivity contribution in [2.45, 2.75) is 64.2 Å². The molecule has 0 aromatic heterocycles. The van der Waals surface area contributed by atoms with Crippen LogP contribution in [0.2, 0.25) is 0 Å². The number of rotatable bonds is 7. The molecule has 1 fully saturated rings. The molecule has 0 bridgehead atoms. The minimum absolute atomic E-state index is 0.0347. The lowest BCUT2D eigenvalue weighted by molar-refractivity contribution is -0.137. The van der Waals surface area contributed by atoms with Crippen molar-refractivity contribution < 1.29 is 19.4 Å². The number of ketones is 1. The average Bonchev–Trinajstić information content (AvgIpc) is 2.62. The highest BCUT2D eigenvalue weighted by Gasteiger charge is 2.29. The fraction of sp³-hybridized carbons (Fsp3) is 0.619. The number of aliphatic carboxylic acids is 1. The molecule has 1 aromatic carbocycles. The van der Waals surface area contributed by atoms with Crippen molar-refractivity contribution in [3.63, 3.8) is 0 Å². The lowest BCUT2D eigenvalue weighted by atomic mass is 9.81. The number of ether oxygens (including phenoxy) is 1. The molecule has 0 heterocycles. The molecule has 1 unspecified atom stereocenters. The standard InChI is InChI=1S/C21H28O4/c22-20(23)14-17-9-8-16-13-18(10-11-19(16)21(17)24)25-12-4-7-15-5-2-1-3-6-15/h10-11,13,15,17H,1-9,12,14H2,(H,22,23). The number of aryl methyl sites for hydroxylation is 1. The molecule has 1 atom stereocenters. The summed E-state index contributed by atoms with van der Waals surface area (Å²) >= 11 is 0. The second-order valence-corrected chi connectivity index (χ2v) is 7.51. The van der Waals surface area contributed by atoms with Crippen LogP contribution in [0.4, 0.5) is 0 Å². The number of carboxylic acid groups (broad SMARTS) is 1. The van der Waals surface area contributed by atoms with E-state index >= 15 is 0 Å². The van der Waals surface area contributed by atoms with Gasteiger partial charge in [0.05, 0.1) is 13.0 Å². The Hall–Kier alpha value is -1.84. The summed E-state index contributed by atoms with van der Waals surface area (Å²) in [7, 11) is 0. The molecule has 2 aliphatic carbocycles. The summed E-state index contributed by atoms with van der Waals surface area (Å²) in [4.78, 5) is 23.3. The van der Waals surface area contributed by atoms with Crippen LogP contribution in [0.1, 0.15) is 73.7 Å². The first-order valence-electron chi connectivity index (χ1n) is 9.65. The van der Waals surface area contributed by atoms with Crippen LogP contribution in [-0.2, 0) is 11.2 Å². The number of hydrogen-bond donors (Lipinski definition) is 1. The number of carbonyl (C=O) groups excluding carboxylic acids is 1. The zero-order valence-corrected chi connectivity index (χ0v) is 14.8. The van der Waals surface area contributed by atoms with Gasteiger partial charge in [-0.3, -0.25) is 9.59 Å². The first-order valence-corrected chi connectivity index (χ1v) is 9.65. The van der Waals surface area contributed by atoms with Crippen molar-refractivity contribution >= 4 is 11.8 Å². The molecule has 1 N–H and O–H groups in total. The van der Waals surface area contributed by atoms with Gasteiger partial charge in [0.15, 0.2) is 5.78 Å². The van der Waals surface area contributed by atoms with Gasteiger partial charge in [-0.25, -0.2) is 0 Å². The Morgan fingerprint density at radius 1 is 1.16 bits per heavy atom. The van der Waals surface area contributed by atoms with Crippen LogP contribution in [0.5, 0.6) is 5.75 Å². The molecule has 25 heavy (non-hydrogen) atoms. The largest absolute Gasteiger partial charge is 0.494 e. The molecular formula is C21H28O4. The summed E-state index contributed by atoms with van der Waals surface area (Å²) in [5.41, 5.74) is 1.67. The van der Waals surface area contributed by atoms with E-state index in [4.69, 9.17) is 9.84 Å². The first-order chi connectivity index (χ1) is 12.1. The molecule has 0 aliphatic heterocycles. The lowest BCUT2D eigenvalue weighted by Crippen LogP contribution is -2.24. The van der Waals surface area contributed by atoms with Crippen molar-refractivity contribution in [3.05, 3.63) is 29.3 Å². The van der Waals surface area contributed by atoms with Gasteiger partial charge in [-0.1, -0.05) is 32.1 Å². The summed E-state index contributed by atoms with van der Waals surface area (Å²) in [6, 6.07) is 5.62. The van der Waals surface area contributed by atoms with Crippen LogP contribution in [0.3, 0.4) is 0 Å². The summed E-state index contributed by atoms with van der Waals surface area (Å²) in [5, 5.41) is 8.92. The fourth-order valence-electron chi connectivity index (χ4n) is 4.23. The normalized spacial score (nSPS) is 21.0. The molecule has 0 spiro atoms. The highest BCUT2D eigenvalue weighted by Crippen LogP contribution is 2.31. The molecule has 0 saturated heterocycles. The number of fused-ring (bicyclic) bond motifs is 1. The lowest BCUT2D eigenvalue weighted by Gasteiger charge is -2.23. The Bertz CT molecular complexity index is 616. The van der Waals surface area contributed by atoms with Crippen molar-refractivity contribution in [1.29, 1.82) is 0 Å². The summed E-state index contributed by atoms with van der Waals surface area (Å²) in [6.45, 7) is 0.727. The number of Topliss-reactive ketones (excluding diaryl/α,β-unsaturated/α-hetero) is 1. The van der Waals surface area contributed by atoms with Crippen LogP contribution < -0.4 is 4.74 Å². The molecule has 1 saturated carbocycles. The van der Waals surface area contributed by atoms with Gasteiger partial charge >= 0.3 is 5.97 Å². The monoisotopic (exact) mass is 344 g/mol. The Balaban J connectivity index is 1.50. The Morgan fingerprint density at radius 2 is 1.96 bits per heavy atom. The van der Waals surface area contributed by atoms with Crippen LogP contribution in [0.25, 0.3) is 0 Å². The van der Waals surface area contributed by atoms with Gasteiger partial charge in [0.2, 0.25) is 0 Å². The van der Waals surface area contributed by atoms with E-state index in [1.165, 1.54) is 38.5 Å². The third-order valence-corrected chi connectivity index (χ3v) is 5.65. The van der Waals surface area contributed by atoms with Crippen molar-refractivity contribution in [3.8, 4) is 5.75 Å². The highest BCUT2D eigenvalue weighted by atomic mass is 16.5. The van der Waals surface area contributed by atoms with Crippen LogP contribution in [-0.4, -0.2) is 23.5 Å². The van der Waals surface area contributed by atoms with Crippen LogP contribution in [0.15, 0.2) is 18.2 Å². The topological polar surface area (TPSA) is 63.6 Å². The minimum atomic E-state index is -0.903. The van der Waals surface area contributed by atoms with Crippen molar-refractivity contribution in [2.24, 2.45) is 11.8 Å². The maximum absolute atomic E-state index is 12.4. The summed E-state index contributed by atoms with van der Waals surface area (Å²) < 4.78 is 5.88. The molecule has 1 aromatic rings. The van der Waals surface area contributed by atoms with E-state index in [2.05, 4.69) is 0 Å². The number of carbonyl (C=O) groups is 2. The van der Waals surface area contributed by atoms with E-state index < -0.39 is 5.97 Å². The maximum atomic E-state index is 12.4. The zero-order valence-electron chi connectivity index (χ0n) is 14.8. The van der Waals surface area contributed by atoms with Gasteiger partial charge in [0.1, 0.15) is 5.75 Å². The second kappa shape index (κ2) is 8.50. The van der Waals surface area contributed by atoms with Gasteiger partial charge in [-0.2, -0.15) is 0 Å². The first kappa shape index (κ1) is 18.0. The van der Waals surface area contributed by atoms with E-state index in [1.54, 1.807) is 0 Å². The van der Waals surface area contributed by atoms with Gasteiger partial charge in [0.25, 0.3) is 0 Å². The Labute approximate surface area is 149 Å². The molecule has 4 heteroatoms. The van der Waals surface area contributed by atoms with Gasteiger partial charge in [0, 0.05) is 11.5 Å². The summed E-state index contributed by atoms with van der Waals surface area (Å²) in [6.07, 6.45) is 10.5.